The zero-order valence-electron chi connectivity index (χ0n) is 11.3. The standard InChI is InChI=1S/C14H18ClFO3/c1-4-13(18-2)11(14(17)19-3)7-9-5-6-10(16)8-12(9)15/h5-6,8,11,13H,4,7H2,1-3H3. The van der Waals surface area contributed by atoms with E-state index in [1.807, 2.05) is 6.92 Å². The van der Waals surface area contributed by atoms with Crippen molar-refractivity contribution in [3.63, 3.8) is 0 Å². The Bertz CT molecular complexity index is 433. The third kappa shape index (κ3) is 4.18. The van der Waals surface area contributed by atoms with Gasteiger partial charge in [0, 0.05) is 12.1 Å². The monoisotopic (exact) mass is 288 g/mol. The van der Waals surface area contributed by atoms with E-state index in [0.29, 0.717) is 23.4 Å². The molecule has 0 aliphatic heterocycles. The normalized spacial score (nSPS) is 13.9. The topological polar surface area (TPSA) is 35.5 Å². The molecule has 19 heavy (non-hydrogen) atoms. The largest absolute Gasteiger partial charge is 0.469 e. The molecule has 0 spiro atoms. The Morgan fingerprint density at radius 2 is 2.11 bits per heavy atom. The van der Waals surface area contributed by atoms with Crippen LogP contribution in [0.1, 0.15) is 18.9 Å². The maximum absolute atomic E-state index is 13.0. The van der Waals surface area contributed by atoms with Crippen molar-refractivity contribution in [1.29, 1.82) is 0 Å². The van der Waals surface area contributed by atoms with Crippen molar-refractivity contribution in [3.8, 4) is 0 Å². The van der Waals surface area contributed by atoms with Gasteiger partial charge in [-0.2, -0.15) is 0 Å². The Morgan fingerprint density at radius 3 is 2.58 bits per heavy atom. The van der Waals surface area contributed by atoms with Gasteiger partial charge in [-0.25, -0.2) is 4.39 Å². The lowest BCUT2D eigenvalue weighted by Crippen LogP contribution is -2.32. The number of hydrogen-bond donors (Lipinski definition) is 0. The molecule has 0 N–H and O–H groups in total. The van der Waals surface area contributed by atoms with Crippen molar-refractivity contribution in [2.75, 3.05) is 14.2 Å². The van der Waals surface area contributed by atoms with Crippen molar-refractivity contribution in [3.05, 3.63) is 34.6 Å². The summed E-state index contributed by atoms with van der Waals surface area (Å²) in [7, 11) is 2.89. The molecule has 5 heteroatoms. The minimum absolute atomic E-state index is 0.256. The molecule has 1 aromatic carbocycles. The fourth-order valence-electron chi connectivity index (χ4n) is 2.06. The average molecular weight is 289 g/mol. The maximum Gasteiger partial charge on any atom is 0.311 e. The second-order valence-electron chi connectivity index (χ2n) is 4.25. The van der Waals surface area contributed by atoms with E-state index in [4.69, 9.17) is 21.1 Å². The van der Waals surface area contributed by atoms with Crippen LogP contribution in [0.15, 0.2) is 18.2 Å². The molecule has 2 atom stereocenters. The minimum Gasteiger partial charge on any atom is -0.469 e. The van der Waals surface area contributed by atoms with Crippen LogP contribution < -0.4 is 0 Å². The molecule has 0 bridgehead atoms. The Labute approximate surface area is 117 Å². The van der Waals surface area contributed by atoms with Crippen molar-refractivity contribution in [2.45, 2.75) is 25.9 Å². The van der Waals surface area contributed by atoms with Gasteiger partial charge in [0.05, 0.1) is 19.1 Å². The smallest absolute Gasteiger partial charge is 0.311 e. The van der Waals surface area contributed by atoms with Crippen LogP contribution in [0, 0.1) is 11.7 Å². The van der Waals surface area contributed by atoms with E-state index in [0.717, 1.165) is 0 Å². The summed E-state index contributed by atoms with van der Waals surface area (Å²) in [6, 6.07) is 4.14. The first kappa shape index (κ1) is 15.9. The number of halogens is 2. The molecule has 106 valence electrons. The number of carbonyl (C=O) groups is 1. The van der Waals surface area contributed by atoms with E-state index < -0.39 is 11.7 Å². The number of esters is 1. The SMILES string of the molecule is CCC(OC)C(Cc1ccc(F)cc1Cl)C(=O)OC. The van der Waals surface area contributed by atoms with Gasteiger partial charge in [0.15, 0.2) is 0 Å². The highest BCUT2D eigenvalue weighted by Gasteiger charge is 2.29. The summed E-state index contributed by atoms with van der Waals surface area (Å²) in [6.07, 6.45) is 0.779. The zero-order valence-corrected chi connectivity index (χ0v) is 12.0. The number of methoxy groups -OCH3 is 2. The summed E-state index contributed by atoms with van der Waals surface area (Å²) in [6.45, 7) is 1.93. The van der Waals surface area contributed by atoms with Crippen LogP contribution in [-0.2, 0) is 20.7 Å². The third-order valence-corrected chi connectivity index (χ3v) is 3.46. The highest BCUT2D eigenvalue weighted by atomic mass is 35.5. The number of rotatable bonds is 6. The maximum atomic E-state index is 13.0. The Morgan fingerprint density at radius 1 is 1.42 bits per heavy atom. The van der Waals surface area contributed by atoms with Crippen molar-refractivity contribution in [2.24, 2.45) is 5.92 Å². The van der Waals surface area contributed by atoms with Crippen LogP contribution in [0.25, 0.3) is 0 Å². The number of hydrogen-bond acceptors (Lipinski definition) is 3. The fourth-order valence-corrected chi connectivity index (χ4v) is 2.30. The molecule has 0 radical (unpaired) electrons. The van der Waals surface area contributed by atoms with Gasteiger partial charge >= 0.3 is 5.97 Å². The Balaban J connectivity index is 2.96. The van der Waals surface area contributed by atoms with E-state index in [9.17, 15) is 9.18 Å². The van der Waals surface area contributed by atoms with Gasteiger partial charge in [-0.15, -0.1) is 0 Å². The predicted octanol–water partition coefficient (Wildman–Crippen LogP) is 3.24. The highest BCUT2D eigenvalue weighted by molar-refractivity contribution is 6.31. The number of ether oxygens (including phenoxy) is 2. The summed E-state index contributed by atoms with van der Waals surface area (Å²) >= 11 is 5.98. The second kappa shape index (κ2) is 7.46. The van der Waals surface area contributed by atoms with E-state index in [-0.39, 0.29) is 12.1 Å². The molecule has 0 fully saturated rings. The predicted molar refractivity (Wildman–Crippen MR) is 71.7 cm³/mol. The van der Waals surface area contributed by atoms with E-state index in [1.54, 1.807) is 13.2 Å². The summed E-state index contributed by atoms with van der Waals surface area (Å²) in [5, 5.41) is 0.305. The number of carbonyl (C=O) groups excluding carboxylic acids is 1. The van der Waals surface area contributed by atoms with Gasteiger partial charge in [0.25, 0.3) is 0 Å². The first-order chi connectivity index (χ1) is 9.03. The van der Waals surface area contributed by atoms with Crippen LogP contribution in [0.5, 0.6) is 0 Å². The molecular weight excluding hydrogens is 271 g/mol. The lowest BCUT2D eigenvalue weighted by atomic mass is 9.92. The van der Waals surface area contributed by atoms with Crippen LogP contribution in [0.4, 0.5) is 4.39 Å². The van der Waals surface area contributed by atoms with E-state index in [2.05, 4.69) is 0 Å². The Kier molecular flexibility index (Phi) is 6.25. The first-order valence-electron chi connectivity index (χ1n) is 6.08. The molecular formula is C14H18ClFO3. The molecule has 1 rings (SSSR count). The van der Waals surface area contributed by atoms with Gasteiger partial charge in [-0.05, 0) is 30.5 Å². The molecule has 3 nitrogen and oxygen atoms in total. The van der Waals surface area contributed by atoms with Crippen LogP contribution in [0.3, 0.4) is 0 Å². The van der Waals surface area contributed by atoms with Crippen molar-refractivity contribution < 1.29 is 18.7 Å². The molecule has 0 saturated carbocycles. The summed E-state index contributed by atoms with van der Waals surface area (Å²) in [5.74, 6) is -1.21. The van der Waals surface area contributed by atoms with Gasteiger partial charge in [0.2, 0.25) is 0 Å². The highest BCUT2D eigenvalue weighted by Crippen LogP contribution is 2.24. The zero-order chi connectivity index (χ0) is 14.4. The third-order valence-electron chi connectivity index (χ3n) is 3.11. The fraction of sp³-hybridized carbons (Fsp3) is 0.500. The number of benzene rings is 1. The van der Waals surface area contributed by atoms with Gasteiger partial charge in [0.1, 0.15) is 5.82 Å². The molecule has 0 heterocycles. The lowest BCUT2D eigenvalue weighted by Gasteiger charge is -2.23. The van der Waals surface area contributed by atoms with Crippen molar-refractivity contribution >= 4 is 17.6 Å². The average Bonchev–Trinajstić information content (AvgIpc) is 2.40. The molecule has 0 aliphatic rings. The summed E-state index contributed by atoms with van der Waals surface area (Å²) < 4.78 is 23.1. The molecule has 0 aliphatic carbocycles. The molecule has 0 saturated heterocycles. The second-order valence-corrected chi connectivity index (χ2v) is 4.66. The molecule has 2 unspecified atom stereocenters. The lowest BCUT2D eigenvalue weighted by molar-refractivity contribution is -0.150. The van der Waals surface area contributed by atoms with Gasteiger partial charge in [-0.1, -0.05) is 24.6 Å². The van der Waals surface area contributed by atoms with Crippen LogP contribution in [-0.4, -0.2) is 26.3 Å². The Hall–Kier alpha value is -1.13. The van der Waals surface area contributed by atoms with E-state index >= 15 is 0 Å². The summed E-state index contributed by atoms with van der Waals surface area (Å²) in [4.78, 5) is 11.8. The minimum atomic E-state index is -0.456. The van der Waals surface area contributed by atoms with Crippen LogP contribution >= 0.6 is 11.6 Å². The van der Waals surface area contributed by atoms with Gasteiger partial charge < -0.3 is 9.47 Å². The first-order valence-corrected chi connectivity index (χ1v) is 6.45. The van der Waals surface area contributed by atoms with Gasteiger partial charge in [-0.3, -0.25) is 4.79 Å². The quantitative estimate of drug-likeness (QED) is 0.754. The molecule has 0 aromatic heterocycles. The molecule has 0 amide bonds. The summed E-state index contributed by atoms with van der Waals surface area (Å²) in [5.41, 5.74) is 0.703. The van der Waals surface area contributed by atoms with Crippen LogP contribution in [0.2, 0.25) is 5.02 Å². The van der Waals surface area contributed by atoms with Crippen molar-refractivity contribution in [1.82, 2.24) is 0 Å². The molecule has 1 aromatic rings. The van der Waals surface area contributed by atoms with E-state index in [1.165, 1.54) is 19.2 Å².